The van der Waals surface area contributed by atoms with E-state index in [9.17, 15) is 13.2 Å². The Morgan fingerprint density at radius 2 is 1.73 bits per heavy atom. The van der Waals surface area contributed by atoms with Gasteiger partial charge in [-0.15, -0.1) is 0 Å². The number of carbonyl (C=O) groups excluding carboxylic acids is 1. The van der Waals surface area contributed by atoms with Crippen LogP contribution >= 0.6 is 0 Å². The van der Waals surface area contributed by atoms with Crippen molar-refractivity contribution in [3.8, 4) is 11.5 Å². The fraction of sp³-hybridized carbons (Fsp3) is 0.136. The summed E-state index contributed by atoms with van der Waals surface area (Å²) in [5.41, 5.74) is 2.39. The van der Waals surface area contributed by atoms with E-state index >= 15 is 0 Å². The first-order valence-electron chi connectivity index (χ1n) is 9.28. The Morgan fingerprint density at radius 3 is 2.50 bits per heavy atom. The lowest BCUT2D eigenvalue weighted by molar-refractivity contribution is 0.0950. The number of anilines is 1. The summed E-state index contributed by atoms with van der Waals surface area (Å²) in [5.74, 6) is 1.09. The number of nitrogens with one attached hydrogen (secondary N) is 2. The van der Waals surface area contributed by atoms with Gasteiger partial charge < -0.3 is 14.8 Å². The zero-order chi connectivity index (χ0) is 21.1. The Hall–Kier alpha value is -3.52. The monoisotopic (exact) mass is 424 g/mol. The number of carbonyl (C=O) groups is 1. The molecule has 0 bridgehead atoms. The molecule has 0 saturated carbocycles. The number of benzene rings is 3. The van der Waals surface area contributed by atoms with E-state index in [4.69, 9.17) is 9.47 Å². The molecule has 1 heterocycles. The first-order valence-corrected chi connectivity index (χ1v) is 10.8. The molecule has 4 rings (SSSR count). The quantitative estimate of drug-likeness (QED) is 0.632. The normalized spacial score (nSPS) is 12.4. The topological polar surface area (TPSA) is 93.7 Å². The molecule has 7 nitrogen and oxygen atoms in total. The highest BCUT2D eigenvalue weighted by Gasteiger charge is 2.16. The van der Waals surface area contributed by atoms with Crippen LogP contribution in [0.25, 0.3) is 0 Å². The predicted octanol–water partition coefficient (Wildman–Crippen LogP) is 3.45. The largest absolute Gasteiger partial charge is 0.454 e. The molecular weight excluding hydrogens is 404 g/mol. The average Bonchev–Trinajstić information content (AvgIpc) is 3.22. The molecule has 0 atom stereocenters. The van der Waals surface area contributed by atoms with Gasteiger partial charge in [0, 0.05) is 12.1 Å². The molecule has 3 aromatic carbocycles. The molecule has 154 valence electrons. The molecule has 0 radical (unpaired) electrons. The van der Waals surface area contributed by atoms with Crippen molar-refractivity contribution < 1.29 is 22.7 Å². The standard InChI is InChI=1S/C22H20N2O5S/c1-15-11-17(8-9-19(15)24-30(26,27)18-5-3-2-4-6-18)22(25)23-13-16-7-10-20-21(12-16)29-14-28-20/h2-12,24H,13-14H2,1H3,(H,23,25). The Bertz CT molecular complexity index is 1190. The summed E-state index contributed by atoms with van der Waals surface area (Å²) in [4.78, 5) is 12.7. The summed E-state index contributed by atoms with van der Waals surface area (Å²) in [5, 5.41) is 2.85. The Morgan fingerprint density at radius 1 is 0.967 bits per heavy atom. The van der Waals surface area contributed by atoms with Crippen LogP contribution in [0.5, 0.6) is 11.5 Å². The molecule has 8 heteroatoms. The second-order valence-electron chi connectivity index (χ2n) is 6.82. The van der Waals surface area contributed by atoms with Gasteiger partial charge in [0.25, 0.3) is 15.9 Å². The third kappa shape index (κ3) is 4.23. The van der Waals surface area contributed by atoms with E-state index in [1.807, 2.05) is 18.2 Å². The molecule has 1 amide bonds. The lowest BCUT2D eigenvalue weighted by atomic mass is 10.1. The minimum Gasteiger partial charge on any atom is -0.454 e. The zero-order valence-electron chi connectivity index (χ0n) is 16.2. The second kappa shape index (κ2) is 8.08. The summed E-state index contributed by atoms with van der Waals surface area (Å²) in [6.45, 7) is 2.28. The van der Waals surface area contributed by atoms with Crippen molar-refractivity contribution in [2.45, 2.75) is 18.4 Å². The predicted molar refractivity (Wildman–Crippen MR) is 112 cm³/mol. The summed E-state index contributed by atoms with van der Waals surface area (Å²) < 4.78 is 38.2. The van der Waals surface area contributed by atoms with Crippen LogP contribution in [0, 0.1) is 6.92 Å². The van der Waals surface area contributed by atoms with Crippen molar-refractivity contribution in [2.24, 2.45) is 0 Å². The molecule has 0 spiro atoms. The van der Waals surface area contributed by atoms with E-state index in [0.717, 1.165) is 5.56 Å². The number of amides is 1. The third-order valence-corrected chi connectivity index (χ3v) is 6.06. The van der Waals surface area contributed by atoms with Gasteiger partial charge in [0.2, 0.25) is 6.79 Å². The van der Waals surface area contributed by atoms with Crippen molar-refractivity contribution in [2.75, 3.05) is 11.5 Å². The zero-order valence-corrected chi connectivity index (χ0v) is 17.0. The Kier molecular flexibility index (Phi) is 5.33. The maximum atomic E-state index is 12.5. The van der Waals surface area contributed by atoms with Crippen LogP contribution in [-0.4, -0.2) is 21.1 Å². The van der Waals surface area contributed by atoms with Gasteiger partial charge in [0.05, 0.1) is 10.6 Å². The number of fused-ring (bicyclic) bond motifs is 1. The highest BCUT2D eigenvalue weighted by atomic mass is 32.2. The molecule has 0 aromatic heterocycles. The average molecular weight is 424 g/mol. The molecule has 3 aromatic rings. The van der Waals surface area contributed by atoms with Crippen LogP contribution < -0.4 is 19.5 Å². The van der Waals surface area contributed by atoms with Gasteiger partial charge in [-0.25, -0.2) is 8.42 Å². The Balaban J connectivity index is 1.43. The van der Waals surface area contributed by atoms with E-state index in [1.54, 1.807) is 43.3 Å². The van der Waals surface area contributed by atoms with E-state index in [1.165, 1.54) is 12.1 Å². The highest BCUT2D eigenvalue weighted by Crippen LogP contribution is 2.32. The molecule has 0 unspecified atom stereocenters. The Labute approximate surface area is 174 Å². The second-order valence-corrected chi connectivity index (χ2v) is 8.50. The number of aryl methyl sites for hydroxylation is 1. The first-order chi connectivity index (χ1) is 14.4. The van der Waals surface area contributed by atoms with Crippen LogP contribution in [0.15, 0.2) is 71.6 Å². The maximum Gasteiger partial charge on any atom is 0.261 e. The van der Waals surface area contributed by atoms with Crippen LogP contribution in [0.4, 0.5) is 5.69 Å². The molecule has 1 aliphatic heterocycles. The van der Waals surface area contributed by atoms with Gasteiger partial charge in [-0.1, -0.05) is 24.3 Å². The van der Waals surface area contributed by atoms with Gasteiger partial charge in [-0.2, -0.15) is 0 Å². The first kappa shape index (κ1) is 19.8. The van der Waals surface area contributed by atoms with Crippen LogP contribution in [0.2, 0.25) is 0 Å². The molecular formula is C22H20N2O5S. The van der Waals surface area contributed by atoms with Crippen LogP contribution in [0.1, 0.15) is 21.5 Å². The summed E-state index contributed by atoms with van der Waals surface area (Å²) in [7, 11) is -3.69. The summed E-state index contributed by atoms with van der Waals surface area (Å²) in [6.07, 6.45) is 0. The number of sulfonamides is 1. The number of rotatable bonds is 6. The lowest BCUT2D eigenvalue weighted by Gasteiger charge is -2.12. The molecule has 0 saturated heterocycles. The molecule has 30 heavy (non-hydrogen) atoms. The highest BCUT2D eigenvalue weighted by molar-refractivity contribution is 7.92. The summed E-state index contributed by atoms with van der Waals surface area (Å²) >= 11 is 0. The van der Waals surface area contributed by atoms with Crippen molar-refractivity contribution in [3.63, 3.8) is 0 Å². The van der Waals surface area contributed by atoms with Gasteiger partial charge in [-0.05, 0) is 60.5 Å². The number of ether oxygens (including phenoxy) is 2. The minimum absolute atomic E-state index is 0.176. The fourth-order valence-electron chi connectivity index (χ4n) is 3.06. The van der Waals surface area contributed by atoms with Gasteiger partial charge in [-0.3, -0.25) is 9.52 Å². The smallest absolute Gasteiger partial charge is 0.261 e. The van der Waals surface area contributed by atoms with E-state index in [-0.39, 0.29) is 17.6 Å². The van der Waals surface area contributed by atoms with E-state index in [0.29, 0.717) is 34.9 Å². The molecule has 2 N–H and O–H groups in total. The van der Waals surface area contributed by atoms with Crippen molar-refractivity contribution >= 4 is 21.6 Å². The van der Waals surface area contributed by atoms with Crippen molar-refractivity contribution in [3.05, 3.63) is 83.4 Å². The SMILES string of the molecule is Cc1cc(C(=O)NCc2ccc3c(c2)OCO3)ccc1NS(=O)(=O)c1ccccc1. The fourth-order valence-corrected chi connectivity index (χ4v) is 4.21. The maximum absolute atomic E-state index is 12.5. The van der Waals surface area contributed by atoms with E-state index in [2.05, 4.69) is 10.0 Å². The van der Waals surface area contributed by atoms with E-state index < -0.39 is 10.0 Å². The van der Waals surface area contributed by atoms with Crippen molar-refractivity contribution in [1.82, 2.24) is 5.32 Å². The van der Waals surface area contributed by atoms with Crippen LogP contribution in [-0.2, 0) is 16.6 Å². The van der Waals surface area contributed by atoms with Gasteiger partial charge >= 0.3 is 0 Å². The molecule has 0 fully saturated rings. The van der Waals surface area contributed by atoms with Gasteiger partial charge in [0.1, 0.15) is 0 Å². The summed E-state index contributed by atoms with van der Waals surface area (Å²) in [6, 6.07) is 18.4. The molecule has 1 aliphatic rings. The number of hydrogen-bond acceptors (Lipinski definition) is 5. The van der Waals surface area contributed by atoms with Crippen LogP contribution in [0.3, 0.4) is 0 Å². The van der Waals surface area contributed by atoms with Crippen molar-refractivity contribution in [1.29, 1.82) is 0 Å². The number of hydrogen-bond donors (Lipinski definition) is 2. The molecule has 0 aliphatic carbocycles. The third-order valence-electron chi connectivity index (χ3n) is 4.68. The minimum atomic E-state index is -3.69. The lowest BCUT2D eigenvalue weighted by Crippen LogP contribution is -2.23. The van der Waals surface area contributed by atoms with Gasteiger partial charge in [0.15, 0.2) is 11.5 Å².